The maximum Gasteiger partial charge on any atom is 0.169 e. The average Bonchev–Trinajstić information content (AvgIpc) is 3.40. The van der Waals surface area contributed by atoms with Gasteiger partial charge in [0, 0.05) is 23.0 Å². The minimum atomic E-state index is -0.657. The van der Waals surface area contributed by atoms with Gasteiger partial charge in [-0.3, -0.25) is 9.59 Å². The summed E-state index contributed by atoms with van der Waals surface area (Å²) in [5, 5.41) is 0. The molecule has 3 aliphatic rings. The van der Waals surface area contributed by atoms with E-state index in [0.717, 1.165) is 38.9 Å². The first-order chi connectivity index (χ1) is 15.7. The standard InChI is InChI=1S/C30H20O2/c31-26-18-29(22-14-6-4-12-20(22)26)24-16-8-9-17-25(24)30(19-10-2-1-3-11-19)23-15-7-5-13-21(23)27(32)28(29)30/h1-17,28H,18H2/t28-,29+,30-/m0/s1. The summed E-state index contributed by atoms with van der Waals surface area (Å²) in [6.45, 7) is 0. The van der Waals surface area contributed by atoms with Gasteiger partial charge in [-0.25, -0.2) is 0 Å². The van der Waals surface area contributed by atoms with E-state index >= 15 is 0 Å². The van der Waals surface area contributed by atoms with Crippen molar-refractivity contribution in [1.29, 1.82) is 0 Å². The van der Waals surface area contributed by atoms with Crippen molar-refractivity contribution in [3.05, 3.63) is 142 Å². The summed E-state index contributed by atoms with van der Waals surface area (Å²) < 4.78 is 0. The molecular weight excluding hydrogens is 392 g/mol. The van der Waals surface area contributed by atoms with Gasteiger partial charge in [0.25, 0.3) is 0 Å². The molecule has 0 unspecified atom stereocenters. The molecule has 0 fully saturated rings. The highest BCUT2D eigenvalue weighted by Crippen LogP contribution is 2.69. The van der Waals surface area contributed by atoms with E-state index in [4.69, 9.17) is 0 Å². The van der Waals surface area contributed by atoms with Crippen LogP contribution in [0.3, 0.4) is 0 Å². The Bertz CT molecular complexity index is 1450. The largest absolute Gasteiger partial charge is 0.294 e. The zero-order chi connectivity index (χ0) is 21.5. The van der Waals surface area contributed by atoms with Crippen LogP contribution >= 0.6 is 0 Å². The molecule has 0 saturated carbocycles. The molecule has 2 nitrogen and oxygen atoms in total. The zero-order valence-corrected chi connectivity index (χ0v) is 17.4. The molecule has 2 heteroatoms. The van der Waals surface area contributed by atoms with Gasteiger partial charge in [0.15, 0.2) is 11.6 Å². The normalized spacial score (nSPS) is 26.7. The van der Waals surface area contributed by atoms with E-state index in [-0.39, 0.29) is 17.5 Å². The van der Waals surface area contributed by atoms with Crippen molar-refractivity contribution in [1.82, 2.24) is 0 Å². The Morgan fingerprint density at radius 3 is 1.88 bits per heavy atom. The molecule has 4 aromatic carbocycles. The number of rotatable bonds is 1. The second kappa shape index (κ2) is 5.92. The van der Waals surface area contributed by atoms with Gasteiger partial charge in [0.1, 0.15) is 0 Å². The predicted molar refractivity (Wildman–Crippen MR) is 123 cm³/mol. The lowest BCUT2D eigenvalue weighted by atomic mass is 9.61. The Balaban J connectivity index is 1.69. The average molecular weight is 412 g/mol. The molecule has 3 aliphatic carbocycles. The van der Waals surface area contributed by atoms with Gasteiger partial charge in [-0.05, 0) is 27.8 Å². The molecule has 0 aromatic heterocycles. The monoisotopic (exact) mass is 412 g/mol. The zero-order valence-electron chi connectivity index (χ0n) is 17.4. The van der Waals surface area contributed by atoms with E-state index in [1.165, 1.54) is 0 Å². The van der Waals surface area contributed by atoms with Gasteiger partial charge < -0.3 is 0 Å². The molecule has 7 rings (SSSR count). The summed E-state index contributed by atoms with van der Waals surface area (Å²) in [6.07, 6.45) is 0.336. The number of carbonyl (C=O) groups excluding carboxylic acids is 2. The van der Waals surface area contributed by atoms with Crippen LogP contribution in [0, 0.1) is 5.92 Å². The Morgan fingerprint density at radius 2 is 1.12 bits per heavy atom. The Labute approximate surface area is 186 Å². The third-order valence-electron chi connectivity index (χ3n) is 8.01. The lowest BCUT2D eigenvalue weighted by Gasteiger charge is -2.37. The highest BCUT2D eigenvalue weighted by molar-refractivity contribution is 6.12. The molecule has 4 aromatic rings. The van der Waals surface area contributed by atoms with Crippen LogP contribution in [0.5, 0.6) is 0 Å². The summed E-state index contributed by atoms with van der Waals surface area (Å²) in [7, 11) is 0. The smallest absolute Gasteiger partial charge is 0.169 e. The van der Waals surface area contributed by atoms with E-state index in [1.807, 2.05) is 60.7 Å². The summed E-state index contributed by atoms with van der Waals surface area (Å²) in [5.41, 5.74) is 5.73. The SMILES string of the molecule is O=C1C[C@@]2(c3ccccc31)c1ccccc1[C@]1(c3ccccc3)c3ccccc3C(=O)[C@@H]21. The molecule has 0 amide bonds. The first-order valence-electron chi connectivity index (χ1n) is 11.1. The maximum atomic E-state index is 14.3. The molecule has 152 valence electrons. The van der Waals surface area contributed by atoms with Crippen molar-refractivity contribution < 1.29 is 9.59 Å². The number of fused-ring (bicyclic) bond motifs is 9. The van der Waals surface area contributed by atoms with Crippen LogP contribution < -0.4 is 0 Å². The van der Waals surface area contributed by atoms with Gasteiger partial charge in [0.2, 0.25) is 0 Å². The molecule has 1 spiro atoms. The number of ketones is 2. The quantitative estimate of drug-likeness (QED) is 0.401. The van der Waals surface area contributed by atoms with Crippen LogP contribution in [0.15, 0.2) is 103 Å². The lowest BCUT2D eigenvalue weighted by Crippen LogP contribution is -2.42. The lowest BCUT2D eigenvalue weighted by molar-refractivity contribution is 0.0849. The second-order valence-corrected chi connectivity index (χ2v) is 9.18. The Morgan fingerprint density at radius 1 is 0.562 bits per heavy atom. The van der Waals surface area contributed by atoms with E-state index < -0.39 is 10.8 Å². The molecule has 0 radical (unpaired) electrons. The van der Waals surface area contributed by atoms with Crippen LogP contribution in [0.25, 0.3) is 0 Å². The van der Waals surface area contributed by atoms with E-state index in [0.29, 0.717) is 6.42 Å². The summed E-state index contributed by atoms with van der Waals surface area (Å²) >= 11 is 0. The van der Waals surface area contributed by atoms with Crippen LogP contribution in [-0.4, -0.2) is 11.6 Å². The van der Waals surface area contributed by atoms with E-state index in [2.05, 4.69) is 42.5 Å². The van der Waals surface area contributed by atoms with E-state index in [9.17, 15) is 9.59 Å². The molecule has 0 bridgehead atoms. The van der Waals surface area contributed by atoms with Crippen molar-refractivity contribution in [3.8, 4) is 0 Å². The van der Waals surface area contributed by atoms with Crippen LogP contribution in [0.2, 0.25) is 0 Å². The van der Waals surface area contributed by atoms with Gasteiger partial charge in [-0.15, -0.1) is 0 Å². The van der Waals surface area contributed by atoms with Crippen molar-refractivity contribution in [2.45, 2.75) is 17.3 Å². The topological polar surface area (TPSA) is 34.1 Å². The minimum Gasteiger partial charge on any atom is -0.294 e. The molecule has 3 atom stereocenters. The highest BCUT2D eigenvalue weighted by Gasteiger charge is 2.70. The Kier molecular flexibility index (Phi) is 3.30. The maximum absolute atomic E-state index is 14.3. The van der Waals surface area contributed by atoms with Crippen molar-refractivity contribution in [3.63, 3.8) is 0 Å². The van der Waals surface area contributed by atoms with Gasteiger partial charge in [-0.1, -0.05) is 103 Å². The van der Waals surface area contributed by atoms with Gasteiger partial charge in [0.05, 0.1) is 11.3 Å². The Hall–Kier alpha value is -3.78. The third-order valence-corrected chi connectivity index (χ3v) is 8.01. The van der Waals surface area contributed by atoms with Gasteiger partial charge >= 0.3 is 0 Å². The van der Waals surface area contributed by atoms with Crippen LogP contribution in [0.4, 0.5) is 0 Å². The molecule has 0 saturated heterocycles. The summed E-state index contributed by atoms with van der Waals surface area (Å²) in [4.78, 5) is 27.6. The fourth-order valence-electron chi connectivity index (χ4n) is 7.05. The molecule has 0 N–H and O–H groups in total. The molecule has 0 heterocycles. The van der Waals surface area contributed by atoms with Crippen LogP contribution in [-0.2, 0) is 10.8 Å². The predicted octanol–water partition coefficient (Wildman–Crippen LogP) is 5.72. The summed E-state index contributed by atoms with van der Waals surface area (Å²) in [6, 6.07) is 34.8. The number of hydrogen-bond acceptors (Lipinski definition) is 2. The molecule has 0 aliphatic heterocycles. The minimum absolute atomic E-state index is 0.128. The molecular formula is C30H20O2. The van der Waals surface area contributed by atoms with E-state index in [1.54, 1.807) is 0 Å². The van der Waals surface area contributed by atoms with Crippen molar-refractivity contribution >= 4 is 11.6 Å². The fourth-order valence-corrected chi connectivity index (χ4v) is 7.05. The molecule has 32 heavy (non-hydrogen) atoms. The van der Waals surface area contributed by atoms with Crippen molar-refractivity contribution in [2.24, 2.45) is 5.92 Å². The number of Topliss-reactive ketones (excluding diaryl/α,β-unsaturated/α-hetero) is 2. The second-order valence-electron chi connectivity index (χ2n) is 9.18. The first kappa shape index (κ1) is 17.9. The summed E-state index contributed by atoms with van der Waals surface area (Å²) in [5.74, 6) is -0.118. The fraction of sp³-hybridized carbons (Fsp3) is 0.133. The first-order valence-corrected chi connectivity index (χ1v) is 11.1. The highest BCUT2D eigenvalue weighted by atomic mass is 16.1. The van der Waals surface area contributed by atoms with Crippen molar-refractivity contribution in [2.75, 3.05) is 0 Å². The third kappa shape index (κ3) is 1.80. The van der Waals surface area contributed by atoms with Gasteiger partial charge in [-0.2, -0.15) is 0 Å². The number of hydrogen-bond donors (Lipinski definition) is 0. The number of carbonyl (C=O) groups is 2. The number of benzene rings is 4. The van der Waals surface area contributed by atoms with Crippen LogP contribution in [0.1, 0.15) is 55.0 Å².